The van der Waals surface area contributed by atoms with Crippen LogP contribution >= 0.6 is 0 Å². The monoisotopic (exact) mass is 252 g/mol. The molecule has 2 rings (SSSR count). The molecular weight excluding hydrogens is 220 g/mol. The van der Waals surface area contributed by atoms with E-state index in [1.165, 1.54) is 51.5 Å². The summed E-state index contributed by atoms with van der Waals surface area (Å²) < 4.78 is 0. The zero-order valence-corrected chi connectivity index (χ0v) is 12.6. The molecule has 2 saturated carbocycles. The van der Waals surface area contributed by atoms with Gasteiger partial charge >= 0.3 is 0 Å². The quantitative estimate of drug-likeness (QED) is 0.834. The van der Waals surface area contributed by atoms with E-state index in [4.69, 9.17) is 5.73 Å². The van der Waals surface area contributed by atoms with Crippen molar-refractivity contribution in [2.75, 3.05) is 6.54 Å². The summed E-state index contributed by atoms with van der Waals surface area (Å²) in [7, 11) is 0. The van der Waals surface area contributed by atoms with Crippen molar-refractivity contribution in [2.45, 2.75) is 83.8 Å². The molecule has 0 heterocycles. The molecule has 2 N–H and O–H groups in total. The minimum Gasteiger partial charge on any atom is -0.328 e. The Hall–Kier alpha value is -0.0800. The van der Waals surface area contributed by atoms with Gasteiger partial charge < -0.3 is 5.73 Å². The van der Waals surface area contributed by atoms with E-state index in [1.54, 1.807) is 0 Å². The van der Waals surface area contributed by atoms with Gasteiger partial charge in [-0.3, -0.25) is 4.90 Å². The van der Waals surface area contributed by atoms with Crippen LogP contribution in [0.2, 0.25) is 0 Å². The van der Waals surface area contributed by atoms with Crippen LogP contribution in [0.3, 0.4) is 0 Å². The molecule has 0 aromatic heterocycles. The number of rotatable bonds is 3. The maximum Gasteiger partial charge on any atom is 0.0101 e. The number of nitrogens with zero attached hydrogens (tertiary/aromatic N) is 1. The number of nitrogens with two attached hydrogens (primary N) is 1. The Morgan fingerprint density at radius 3 is 2.06 bits per heavy atom. The lowest BCUT2D eigenvalue weighted by Gasteiger charge is -2.44. The lowest BCUT2D eigenvalue weighted by atomic mass is 9.77. The first-order chi connectivity index (χ1) is 8.61. The van der Waals surface area contributed by atoms with Gasteiger partial charge in [0, 0.05) is 18.1 Å². The Bertz CT molecular complexity index is 245. The molecule has 2 aliphatic carbocycles. The smallest absolute Gasteiger partial charge is 0.0101 e. The van der Waals surface area contributed by atoms with Gasteiger partial charge in [-0.1, -0.05) is 20.8 Å². The fraction of sp³-hybridized carbons (Fsp3) is 1.00. The van der Waals surface area contributed by atoms with Gasteiger partial charge in [0.1, 0.15) is 0 Å². The van der Waals surface area contributed by atoms with Crippen molar-refractivity contribution in [2.24, 2.45) is 17.6 Å². The van der Waals surface area contributed by atoms with Crippen molar-refractivity contribution >= 4 is 0 Å². The van der Waals surface area contributed by atoms with Gasteiger partial charge in [0.15, 0.2) is 0 Å². The van der Waals surface area contributed by atoms with Gasteiger partial charge in [-0.2, -0.15) is 0 Å². The van der Waals surface area contributed by atoms with E-state index in [-0.39, 0.29) is 0 Å². The molecule has 2 heteroatoms. The molecule has 0 bridgehead atoms. The van der Waals surface area contributed by atoms with Crippen LogP contribution in [0.1, 0.15) is 65.7 Å². The lowest BCUT2D eigenvalue weighted by molar-refractivity contribution is 0.0570. The summed E-state index contributed by atoms with van der Waals surface area (Å²) in [5, 5.41) is 0. The second-order valence-electron chi connectivity index (χ2n) is 6.82. The van der Waals surface area contributed by atoms with Crippen LogP contribution < -0.4 is 5.73 Å². The Morgan fingerprint density at radius 2 is 1.50 bits per heavy atom. The summed E-state index contributed by atoms with van der Waals surface area (Å²) >= 11 is 0. The average molecular weight is 252 g/mol. The van der Waals surface area contributed by atoms with Crippen molar-refractivity contribution in [1.29, 1.82) is 0 Å². The van der Waals surface area contributed by atoms with Gasteiger partial charge in [-0.05, 0) is 63.3 Å². The van der Waals surface area contributed by atoms with Crippen LogP contribution in [0.15, 0.2) is 0 Å². The third-order valence-corrected chi connectivity index (χ3v) is 5.62. The van der Waals surface area contributed by atoms with E-state index < -0.39 is 0 Å². The third kappa shape index (κ3) is 3.27. The number of hydrogen-bond donors (Lipinski definition) is 1. The molecule has 0 aromatic carbocycles. The van der Waals surface area contributed by atoms with Gasteiger partial charge in [0.2, 0.25) is 0 Å². The van der Waals surface area contributed by atoms with Crippen LogP contribution in [0.25, 0.3) is 0 Å². The number of hydrogen-bond acceptors (Lipinski definition) is 2. The fourth-order valence-corrected chi connectivity index (χ4v) is 4.07. The highest BCUT2D eigenvalue weighted by atomic mass is 15.2. The van der Waals surface area contributed by atoms with Crippen LogP contribution in [-0.2, 0) is 0 Å². The Kier molecular flexibility index (Phi) is 5.08. The standard InChI is InChI=1S/C16H32N2/c1-4-18(15-9-6-14(17)7-10-15)16-8-5-12(2)13(3)11-16/h12-16H,4-11,17H2,1-3H3. The van der Waals surface area contributed by atoms with Crippen molar-refractivity contribution in [3.63, 3.8) is 0 Å². The lowest BCUT2D eigenvalue weighted by Crippen LogP contribution is -2.48. The van der Waals surface area contributed by atoms with Crippen molar-refractivity contribution in [3.8, 4) is 0 Å². The first-order valence-electron chi connectivity index (χ1n) is 8.13. The van der Waals surface area contributed by atoms with Gasteiger partial charge in [-0.25, -0.2) is 0 Å². The van der Waals surface area contributed by atoms with Crippen molar-refractivity contribution in [3.05, 3.63) is 0 Å². The molecule has 0 spiro atoms. The molecular formula is C16H32N2. The maximum atomic E-state index is 6.04. The van der Waals surface area contributed by atoms with E-state index in [9.17, 15) is 0 Å². The first-order valence-corrected chi connectivity index (χ1v) is 8.13. The molecule has 2 aliphatic rings. The van der Waals surface area contributed by atoms with Crippen molar-refractivity contribution in [1.82, 2.24) is 4.90 Å². The van der Waals surface area contributed by atoms with Gasteiger partial charge in [0.25, 0.3) is 0 Å². The van der Waals surface area contributed by atoms with E-state index in [1.807, 2.05) is 0 Å². The Labute approximate surface area is 113 Å². The highest BCUT2D eigenvalue weighted by Crippen LogP contribution is 2.34. The normalized spacial score (nSPS) is 42.2. The molecule has 0 amide bonds. The topological polar surface area (TPSA) is 29.3 Å². The second-order valence-corrected chi connectivity index (χ2v) is 6.82. The first kappa shape index (κ1) is 14.3. The average Bonchev–Trinajstić information content (AvgIpc) is 2.37. The molecule has 3 atom stereocenters. The zero-order valence-electron chi connectivity index (χ0n) is 12.6. The van der Waals surface area contributed by atoms with Gasteiger partial charge in [-0.15, -0.1) is 0 Å². The summed E-state index contributed by atoms with van der Waals surface area (Å²) in [5.74, 6) is 1.84. The molecule has 0 aliphatic heterocycles. The molecule has 0 saturated heterocycles. The van der Waals surface area contributed by atoms with Crippen LogP contribution in [0, 0.1) is 11.8 Å². The molecule has 0 radical (unpaired) electrons. The van der Waals surface area contributed by atoms with E-state index >= 15 is 0 Å². The van der Waals surface area contributed by atoms with Crippen LogP contribution in [0.4, 0.5) is 0 Å². The minimum atomic E-state index is 0.477. The predicted octanol–water partition coefficient (Wildman–Crippen LogP) is 3.40. The van der Waals surface area contributed by atoms with Gasteiger partial charge in [0.05, 0.1) is 0 Å². The zero-order chi connectivity index (χ0) is 13.1. The summed E-state index contributed by atoms with van der Waals surface area (Å²) in [6, 6.07) is 2.14. The molecule has 2 fully saturated rings. The SMILES string of the molecule is CCN(C1CCC(N)CC1)C1CCC(C)C(C)C1. The minimum absolute atomic E-state index is 0.477. The largest absolute Gasteiger partial charge is 0.328 e. The van der Waals surface area contributed by atoms with E-state index in [2.05, 4.69) is 25.7 Å². The Balaban J connectivity index is 1.92. The summed E-state index contributed by atoms with van der Waals surface area (Å²) in [4.78, 5) is 2.81. The molecule has 106 valence electrons. The molecule has 3 unspecified atom stereocenters. The second kappa shape index (κ2) is 6.38. The summed E-state index contributed by atoms with van der Waals surface area (Å²) in [6.07, 6.45) is 9.39. The third-order valence-electron chi connectivity index (χ3n) is 5.62. The maximum absolute atomic E-state index is 6.04. The van der Waals surface area contributed by atoms with E-state index in [0.29, 0.717) is 6.04 Å². The molecule has 0 aromatic rings. The van der Waals surface area contributed by atoms with E-state index in [0.717, 1.165) is 23.9 Å². The predicted molar refractivity (Wildman–Crippen MR) is 78.6 cm³/mol. The highest BCUT2D eigenvalue weighted by Gasteiger charge is 2.32. The van der Waals surface area contributed by atoms with Crippen molar-refractivity contribution < 1.29 is 0 Å². The van der Waals surface area contributed by atoms with Crippen LogP contribution in [-0.4, -0.2) is 29.6 Å². The highest BCUT2D eigenvalue weighted by molar-refractivity contribution is 4.88. The van der Waals surface area contributed by atoms with Crippen LogP contribution in [0.5, 0.6) is 0 Å². The summed E-state index contributed by atoms with van der Waals surface area (Å²) in [5.41, 5.74) is 6.04. The fourth-order valence-electron chi connectivity index (χ4n) is 4.07. The Morgan fingerprint density at radius 1 is 0.889 bits per heavy atom. The molecule has 18 heavy (non-hydrogen) atoms. The summed E-state index contributed by atoms with van der Waals surface area (Å²) in [6.45, 7) is 8.45. The molecule has 2 nitrogen and oxygen atoms in total.